The van der Waals surface area contributed by atoms with E-state index in [1.807, 2.05) is 30.3 Å². The van der Waals surface area contributed by atoms with Crippen LogP contribution >= 0.6 is 11.3 Å². The monoisotopic (exact) mass is 463 g/mol. The van der Waals surface area contributed by atoms with Crippen LogP contribution in [0.5, 0.6) is 17.2 Å². The van der Waals surface area contributed by atoms with Gasteiger partial charge in [0.15, 0.2) is 11.5 Å². The third kappa shape index (κ3) is 5.50. The summed E-state index contributed by atoms with van der Waals surface area (Å²) in [6.07, 6.45) is 5.79. The van der Waals surface area contributed by atoms with Gasteiger partial charge in [-0.05, 0) is 59.7 Å². The summed E-state index contributed by atoms with van der Waals surface area (Å²) >= 11 is 1.76. The van der Waals surface area contributed by atoms with Crippen molar-refractivity contribution in [1.82, 2.24) is 4.90 Å². The molecule has 1 fully saturated rings. The van der Waals surface area contributed by atoms with Crippen molar-refractivity contribution in [3.05, 3.63) is 76.0 Å². The Bertz CT molecular complexity index is 1080. The third-order valence-electron chi connectivity index (χ3n) is 6.33. The third-order valence-corrected chi connectivity index (χ3v) is 7.26. The van der Waals surface area contributed by atoms with Crippen LogP contribution in [0, 0.1) is 0 Å². The van der Waals surface area contributed by atoms with E-state index in [-0.39, 0.29) is 12.7 Å². The molecule has 0 atom stereocenters. The number of hydrogen-bond donors (Lipinski definition) is 0. The molecule has 2 heterocycles. The number of benzene rings is 2. The van der Waals surface area contributed by atoms with Crippen LogP contribution in [-0.2, 0) is 24.2 Å². The van der Waals surface area contributed by atoms with Crippen LogP contribution in [0.2, 0.25) is 0 Å². The summed E-state index contributed by atoms with van der Waals surface area (Å²) in [6.45, 7) is 1.50. The highest BCUT2D eigenvalue weighted by Crippen LogP contribution is 2.33. The van der Waals surface area contributed by atoms with Crippen LogP contribution in [0.3, 0.4) is 0 Å². The summed E-state index contributed by atoms with van der Waals surface area (Å²) in [6, 6.07) is 18.4. The van der Waals surface area contributed by atoms with E-state index in [0.717, 1.165) is 47.6 Å². The molecule has 2 aliphatic rings. The Morgan fingerprint density at radius 1 is 1.00 bits per heavy atom. The molecule has 5 nitrogen and oxygen atoms in total. The molecular weight excluding hydrogens is 434 g/mol. The van der Waals surface area contributed by atoms with Gasteiger partial charge < -0.3 is 19.1 Å². The van der Waals surface area contributed by atoms with Gasteiger partial charge in [0.2, 0.25) is 12.7 Å². The molecule has 3 aromatic rings. The minimum absolute atomic E-state index is 0.157. The molecule has 1 saturated carbocycles. The molecule has 172 valence electrons. The highest BCUT2D eigenvalue weighted by atomic mass is 32.1. The van der Waals surface area contributed by atoms with Crippen molar-refractivity contribution in [2.45, 2.75) is 51.1 Å². The number of nitrogens with zero attached hydrogens (tertiary/aromatic N) is 1. The molecular formula is C27H29NO4S. The average Bonchev–Trinajstić information content (AvgIpc) is 3.60. The second-order valence-electron chi connectivity index (χ2n) is 8.65. The fourth-order valence-corrected chi connectivity index (χ4v) is 5.31. The fraction of sp³-hybridized carbons (Fsp3) is 0.370. The molecule has 1 aromatic heterocycles. The molecule has 2 aromatic carbocycles. The SMILES string of the molecule is O=C(Cc1ccc2c(c1)OCO2)N(Cc1cccc(OCCc2cccs2)c1)C1CCCC1. The zero-order valence-corrected chi connectivity index (χ0v) is 19.5. The van der Waals surface area contributed by atoms with Crippen molar-refractivity contribution in [3.63, 3.8) is 0 Å². The highest BCUT2D eigenvalue weighted by molar-refractivity contribution is 7.09. The number of hydrogen-bond acceptors (Lipinski definition) is 5. The molecule has 0 N–H and O–H groups in total. The van der Waals surface area contributed by atoms with Crippen LogP contribution in [0.4, 0.5) is 0 Å². The first-order chi connectivity index (χ1) is 16.2. The normalized spacial score (nSPS) is 15.0. The lowest BCUT2D eigenvalue weighted by Gasteiger charge is -2.29. The lowest BCUT2D eigenvalue weighted by molar-refractivity contribution is -0.133. The first kappa shape index (κ1) is 21.8. The maximum atomic E-state index is 13.4. The number of fused-ring (bicyclic) bond motifs is 1. The lowest BCUT2D eigenvalue weighted by Crippen LogP contribution is -2.39. The van der Waals surface area contributed by atoms with E-state index < -0.39 is 0 Å². The maximum Gasteiger partial charge on any atom is 0.231 e. The average molecular weight is 464 g/mol. The van der Waals surface area contributed by atoms with E-state index in [9.17, 15) is 4.79 Å². The quantitative estimate of drug-likeness (QED) is 0.414. The Kier molecular flexibility index (Phi) is 6.81. The predicted molar refractivity (Wildman–Crippen MR) is 129 cm³/mol. The molecule has 5 rings (SSSR count). The van der Waals surface area contributed by atoms with E-state index in [0.29, 0.717) is 25.6 Å². The number of ether oxygens (including phenoxy) is 3. The second-order valence-corrected chi connectivity index (χ2v) is 9.68. The Morgan fingerprint density at radius 2 is 1.88 bits per heavy atom. The number of thiophene rings is 1. The Labute approximate surface area is 198 Å². The summed E-state index contributed by atoms with van der Waals surface area (Å²) in [5, 5.41) is 2.09. The molecule has 0 spiro atoms. The van der Waals surface area contributed by atoms with E-state index >= 15 is 0 Å². The summed E-state index contributed by atoms with van der Waals surface area (Å²) in [5.41, 5.74) is 2.06. The van der Waals surface area contributed by atoms with Crippen molar-refractivity contribution in [1.29, 1.82) is 0 Å². The molecule has 6 heteroatoms. The van der Waals surface area contributed by atoms with Gasteiger partial charge in [0.25, 0.3) is 0 Å². The van der Waals surface area contributed by atoms with Crippen molar-refractivity contribution >= 4 is 17.2 Å². The van der Waals surface area contributed by atoms with Gasteiger partial charge >= 0.3 is 0 Å². The fourth-order valence-electron chi connectivity index (χ4n) is 4.62. The van der Waals surface area contributed by atoms with Gasteiger partial charge in [-0.25, -0.2) is 0 Å². The largest absolute Gasteiger partial charge is 0.493 e. The number of carbonyl (C=O) groups excluding carboxylic acids is 1. The lowest BCUT2D eigenvalue weighted by atomic mass is 10.1. The second kappa shape index (κ2) is 10.3. The minimum atomic E-state index is 0.157. The van der Waals surface area contributed by atoms with Gasteiger partial charge in [0.05, 0.1) is 13.0 Å². The molecule has 0 radical (unpaired) electrons. The summed E-state index contributed by atoms with van der Waals surface area (Å²) in [7, 11) is 0. The van der Waals surface area contributed by atoms with Gasteiger partial charge in [0.1, 0.15) is 5.75 Å². The van der Waals surface area contributed by atoms with Crippen LogP contribution in [0.1, 0.15) is 41.7 Å². The molecule has 1 amide bonds. The number of amides is 1. The smallest absolute Gasteiger partial charge is 0.231 e. The zero-order valence-electron chi connectivity index (χ0n) is 18.7. The first-order valence-corrected chi connectivity index (χ1v) is 12.5. The Hall–Kier alpha value is -2.99. The van der Waals surface area contributed by atoms with Gasteiger partial charge in [0, 0.05) is 23.9 Å². The van der Waals surface area contributed by atoms with Crippen LogP contribution in [0.15, 0.2) is 60.0 Å². The molecule has 33 heavy (non-hydrogen) atoms. The Morgan fingerprint density at radius 3 is 2.73 bits per heavy atom. The van der Waals surface area contributed by atoms with Crippen molar-refractivity contribution < 1.29 is 19.0 Å². The van der Waals surface area contributed by atoms with Crippen LogP contribution in [-0.4, -0.2) is 30.2 Å². The van der Waals surface area contributed by atoms with Gasteiger partial charge in [-0.2, -0.15) is 0 Å². The molecule has 0 bridgehead atoms. The predicted octanol–water partition coefficient (Wildman–Crippen LogP) is 5.61. The van der Waals surface area contributed by atoms with Crippen LogP contribution in [0.25, 0.3) is 0 Å². The molecule has 1 aliphatic carbocycles. The molecule has 0 unspecified atom stereocenters. The number of carbonyl (C=O) groups is 1. The first-order valence-electron chi connectivity index (χ1n) is 11.7. The van der Waals surface area contributed by atoms with Gasteiger partial charge in [-0.3, -0.25) is 4.79 Å². The van der Waals surface area contributed by atoms with Crippen LogP contribution < -0.4 is 14.2 Å². The zero-order chi connectivity index (χ0) is 22.5. The van der Waals surface area contributed by atoms with Gasteiger partial charge in [-0.1, -0.05) is 37.1 Å². The van der Waals surface area contributed by atoms with E-state index in [1.165, 1.54) is 17.7 Å². The minimum Gasteiger partial charge on any atom is -0.493 e. The topological polar surface area (TPSA) is 48.0 Å². The standard InChI is InChI=1S/C27H29NO4S/c29-27(17-20-10-11-25-26(16-20)32-19-31-25)28(22-6-1-2-7-22)18-21-5-3-8-23(15-21)30-13-12-24-9-4-14-33-24/h3-5,8-11,14-16,22H,1-2,6-7,12-13,17-19H2. The molecule has 1 aliphatic heterocycles. The molecule has 0 saturated heterocycles. The van der Waals surface area contributed by atoms with Gasteiger partial charge in [-0.15, -0.1) is 11.3 Å². The van der Waals surface area contributed by atoms with Crippen molar-refractivity contribution in [2.75, 3.05) is 13.4 Å². The summed E-state index contributed by atoms with van der Waals surface area (Å²) in [4.78, 5) is 16.8. The Balaban J connectivity index is 1.25. The van der Waals surface area contributed by atoms with Crippen molar-refractivity contribution in [3.8, 4) is 17.2 Å². The maximum absolute atomic E-state index is 13.4. The van der Waals surface area contributed by atoms with E-state index in [2.05, 4.69) is 34.5 Å². The van der Waals surface area contributed by atoms with E-state index in [4.69, 9.17) is 14.2 Å². The summed E-state index contributed by atoms with van der Waals surface area (Å²) in [5.74, 6) is 2.48. The van der Waals surface area contributed by atoms with Crippen molar-refractivity contribution in [2.24, 2.45) is 0 Å². The number of rotatable bonds is 9. The summed E-state index contributed by atoms with van der Waals surface area (Å²) < 4.78 is 16.9. The highest BCUT2D eigenvalue weighted by Gasteiger charge is 2.27. The van der Waals surface area contributed by atoms with E-state index in [1.54, 1.807) is 11.3 Å².